The zero-order chi connectivity index (χ0) is 20.6. The molecule has 1 aliphatic heterocycles. The summed E-state index contributed by atoms with van der Waals surface area (Å²) in [5.41, 5.74) is 5.53. The second-order valence-electron chi connectivity index (χ2n) is 5.87. The first kappa shape index (κ1) is 24.2. The smallest absolute Gasteiger partial charge is 0.254 e. The second-order valence-corrected chi connectivity index (χ2v) is 5.87. The van der Waals surface area contributed by atoms with Crippen molar-refractivity contribution < 1.29 is 33.3 Å². The molecule has 10 nitrogen and oxygen atoms in total. The molecule has 0 radical (unpaired) electrons. The predicted molar refractivity (Wildman–Crippen MR) is 100 cm³/mol. The molecular formula is C18H31N3O7. The molecule has 1 aliphatic rings. The normalized spacial score (nSPS) is 14.7. The molecule has 0 aromatic carbocycles. The molecule has 1 rings (SSSR count). The summed E-state index contributed by atoms with van der Waals surface area (Å²) in [5, 5.41) is 2.60. The topological polar surface area (TPSA) is 129 Å². The van der Waals surface area contributed by atoms with Crippen LogP contribution >= 0.6 is 0 Å². The number of carbonyl (C=O) groups excluding carboxylic acids is 3. The van der Waals surface area contributed by atoms with Crippen molar-refractivity contribution in [3.05, 3.63) is 12.2 Å². The quantitative estimate of drug-likeness (QED) is 0.230. The van der Waals surface area contributed by atoms with Crippen LogP contribution in [0.15, 0.2) is 12.2 Å². The molecule has 0 bridgehead atoms. The van der Waals surface area contributed by atoms with Gasteiger partial charge in [-0.25, -0.2) is 0 Å². The van der Waals surface area contributed by atoms with Gasteiger partial charge in [-0.3, -0.25) is 19.3 Å². The fourth-order valence-electron chi connectivity index (χ4n) is 2.32. The van der Waals surface area contributed by atoms with Gasteiger partial charge in [-0.05, 0) is 6.42 Å². The van der Waals surface area contributed by atoms with Gasteiger partial charge < -0.3 is 30.0 Å². The number of rotatable bonds is 17. The maximum Gasteiger partial charge on any atom is 0.254 e. The largest absolute Gasteiger partial charge is 0.379 e. The zero-order valence-electron chi connectivity index (χ0n) is 16.4. The SMILES string of the molecule is CCCOCCOCCOCCOCCNC(=O)[C@H](CN)N1C(=O)C=CC1=O. The lowest BCUT2D eigenvalue weighted by atomic mass is 10.2. The van der Waals surface area contributed by atoms with Crippen LogP contribution in [-0.4, -0.2) is 94.6 Å². The third kappa shape index (κ3) is 9.38. The summed E-state index contributed by atoms with van der Waals surface area (Å²) in [4.78, 5) is 36.2. The summed E-state index contributed by atoms with van der Waals surface area (Å²) < 4.78 is 21.3. The summed E-state index contributed by atoms with van der Waals surface area (Å²) in [5.74, 6) is -1.57. The summed E-state index contributed by atoms with van der Waals surface area (Å²) in [6, 6.07) is -1.02. The molecule has 0 saturated carbocycles. The first-order chi connectivity index (χ1) is 13.6. The van der Waals surface area contributed by atoms with Crippen LogP contribution in [0.2, 0.25) is 0 Å². The molecule has 3 N–H and O–H groups in total. The van der Waals surface area contributed by atoms with E-state index in [-0.39, 0.29) is 19.7 Å². The Balaban J connectivity index is 1.97. The first-order valence-corrected chi connectivity index (χ1v) is 9.45. The molecule has 10 heteroatoms. The summed E-state index contributed by atoms with van der Waals surface area (Å²) in [6.45, 7) is 6.06. The van der Waals surface area contributed by atoms with E-state index >= 15 is 0 Å². The number of carbonyl (C=O) groups is 3. The highest BCUT2D eigenvalue weighted by molar-refractivity contribution is 6.15. The van der Waals surface area contributed by atoms with Gasteiger partial charge in [0.2, 0.25) is 5.91 Å². The van der Waals surface area contributed by atoms with Gasteiger partial charge in [0.15, 0.2) is 0 Å². The Bertz CT molecular complexity index is 495. The highest BCUT2D eigenvalue weighted by Crippen LogP contribution is 2.08. The highest BCUT2D eigenvalue weighted by atomic mass is 16.6. The fourth-order valence-corrected chi connectivity index (χ4v) is 2.32. The van der Waals surface area contributed by atoms with E-state index in [0.717, 1.165) is 30.1 Å². The molecule has 0 aliphatic carbocycles. The van der Waals surface area contributed by atoms with Crippen LogP contribution in [0.5, 0.6) is 0 Å². The minimum absolute atomic E-state index is 0.146. The Labute approximate surface area is 165 Å². The molecular weight excluding hydrogens is 370 g/mol. The number of nitrogens with two attached hydrogens (primary N) is 1. The first-order valence-electron chi connectivity index (χ1n) is 9.45. The van der Waals surface area contributed by atoms with E-state index in [4.69, 9.17) is 24.7 Å². The van der Waals surface area contributed by atoms with Crippen LogP contribution in [0.4, 0.5) is 0 Å². The van der Waals surface area contributed by atoms with Crippen molar-refractivity contribution in [2.45, 2.75) is 19.4 Å². The van der Waals surface area contributed by atoms with Crippen molar-refractivity contribution in [3.8, 4) is 0 Å². The van der Waals surface area contributed by atoms with Gasteiger partial charge in [0.1, 0.15) is 6.04 Å². The molecule has 1 heterocycles. The minimum Gasteiger partial charge on any atom is -0.379 e. The van der Waals surface area contributed by atoms with Crippen LogP contribution < -0.4 is 11.1 Å². The summed E-state index contributed by atoms with van der Waals surface area (Å²) in [6.07, 6.45) is 3.23. The molecule has 3 amide bonds. The van der Waals surface area contributed by atoms with Crippen molar-refractivity contribution in [1.29, 1.82) is 0 Å². The van der Waals surface area contributed by atoms with Crippen molar-refractivity contribution in [2.75, 3.05) is 65.9 Å². The summed E-state index contributed by atoms with van der Waals surface area (Å²) >= 11 is 0. The van der Waals surface area contributed by atoms with Crippen molar-refractivity contribution in [1.82, 2.24) is 10.2 Å². The molecule has 0 spiro atoms. The maximum absolute atomic E-state index is 12.1. The Morgan fingerprint density at radius 1 is 0.929 bits per heavy atom. The van der Waals surface area contributed by atoms with Crippen LogP contribution in [0, 0.1) is 0 Å². The zero-order valence-corrected chi connectivity index (χ0v) is 16.4. The van der Waals surface area contributed by atoms with Gasteiger partial charge in [0.25, 0.3) is 11.8 Å². The lowest BCUT2D eigenvalue weighted by molar-refractivity contribution is -0.145. The molecule has 28 heavy (non-hydrogen) atoms. The fraction of sp³-hybridized carbons (Fsp3) is 0.722. The van der Waals surface area contributed by atoms with Gasteiger partial charge in [0.05, 0.1) is 46.2 Å². The number of ether oxygens (including phenoxy) is 4. The minimum atomic E-state index is -1.02. The Morgan fingerprint density at radius 3 is 1.86 bits per heavy atom. The van der Waals surface area contributed by atoms with E-state index in [0.29, 0.717) is 39.6 Å². The molecule has 0 aromatic rings. The number of amides is 3. The van der Waals surface area contributed by atoms with E-state index in [1.54, 1.807) is 0 Å². The van der Waals surface area contributed by atoms with E-state index < -0.39 is 23.8 Å². The second kappa shape index (κ2) is 15.1. The molecule has 0 aromatic heterocycles. The van der Waals surface area contributed by atoms with E-state index in [2.05, 4.69) is 12.2 Å². The molecule has 0 saturated heterocycles. The van der Waals surface area contributed by atoms with Crippen molar-refractivity contribution in [3.63, 3.8) is 0 Å². The number of hydrogen-bond donors (Lipinski definition) is 2. The Hall–Kier alpha value is -1.85. The number of nitrogens with one attached hydrogen (secondary N) is 1. The van der Waals surface area contributed by atoms with Gasteiger partial charge in [0, 0.05) is 31.8 Å². The van der Waals surface area contributed by atoms with Crippen molar-refractivity contribution in [2.24, 2.45) is 5.73 Å². The Kier molecular flexibility index (Phi) is 13.1. The highest BCUT2D eigenvalue weighted by Gasteiger charge is 2.34. The number of nitrogens with zero attached hydrogens (tertiary/aromatic N) is 1. The average molecular weight is 401 g/mol. The molecule has 0 fully saturated rings. The van der Waals surface area contributed by atoms with Gasteiger partial charge in [-0.1, -0.05) is 6.92 Å². The van der Waals surface area contributed by atoms with Crippen LogP contribution in [0.3, 0.4) is 0 Å². The Morgan fingerprint density at radius 2 is 1.39 bits per heavy atom. The molecule has 160 valence electrons. The van der Waals surface area contributed by atoms with Crippen LogP contribution in [0.1, 0.15) is 13.3 Å². The number of hydrogen-bond acceptors (Lipinski definition) is 8. The van der Waals surface area contributed by atoms with Crippen LogP contribution in [0.25, 0.3) is 0 Å². The van der Waals surface area contributed by atoms with Crippen LogP contribution in [-0.2, 0) is 33.3 Å². The van der Waals surface area contributed by atoms with Crippen molar-refractivity contribution >= 4 is 17.7 Å². The third-order valence-electron chi connectivity index (χ3n) is 3.69. The standard InChI is InChI=1S/C18H31N3O7/c1-2-6-25-8-10-27-12-13-28-11-9-26-7-5-20-18(24)15(14-19)21-16(22)3-4-17(21)23/h3-4,15H,2,5-14,19H2,1H3,(H,20,24)/t15-/m0/s1. The van der Waals surface area contributed by atoms with Gasteiger partial charge in [-0.15, -0.1) is 0 Å². The summed E-state index contributed by atoms with van der Waals surface area (Å²) in [7, 11) is 0. The van der Waals surface area contributed by atoms with Gasteiger partial charge in [-0.2, -0.15) is 0 Å². The lowest BCUT2D eigenvalue weighted by Gasteiger charge is -2.23. The molecule has 0 unspecified atom stereocenters. The number of imide groups is 1. The third-order valence-corrected chi connectivity index (χ3v) is 3.69. The van der Waals surface area contributed by atoms with E-state index in [1.165, 1.54) is 0 Å². The average Bonchev–Trinajstić information content (AvgIpc) is 3.01. The maximum atomic E-state index is 12.1. The predicted octanol–water partition coefficient (Wildman–Crippen LogP) is -1.17. The van der Waals surface area contributed by atoms with E-state index in [1.807, 2.05) is 0 Å². The lowest BCUT2D eigenvalue weighted by Crippen LogP contribution is -2.53. The van der Waals surface area contributed by atoms with E-state index in [9.17, 15) is 14.4 Å². The van der Waals surface area contributed by atoms with Gasteiger partial charge >= 0.3 is 0 Å². The molecule has 1 atom stereocenters. The monoisotopic (exact) mass is 401 g/mol.